The van der Waals surface area contributed by atoms with Gasteiger partial charge in [0.1, 0.15) is 18.1 Å². The smallest absolute Gasteiger partial charge is 0.319 e. The number of amides is 2. The van der Waals surface area contributed by atoms with Crippen LogP contribution in [0.25, 0.3) is 0 Å². The topological polar surface area (TPSA) is 59.6 Å². The maximum absolute atomic E-state index is 11.7. The van der Waals surface area contributed by atoms with Crippen LogP contribution in [-0.4, -0.2) is 26.3 Å². The Balaban J connectivity index is 1.70. The monoisotopic (exact) mass is 324 g/mol. The summed E-state index contributed by atoms with van der Waals surface area (Å²) in [6.07, 6.45) is 0. The predicted octanol–water partition coefficient (Wildman–Crippen LogP) is 3.21. The molecule has 2 N–H and O–H groups in total. The van der Waals surface area contributed by atoms with Crippen molar-refractivity contribution in [3.05, 3.63) is 54.1 Å². The predicted molar refractivity (Wildman–Crippen MR) is 94.5 cm³/mol. The molecule has 2 amide bonds. The van der Waals surface area contributed by atoms with Crippen molar-refractivity contribution in [2.45, 2.75) is 6.92 Å². The van der Waals surface area contributed by atoms with E-state index in [0.29, 0.717) is 11.4 Å². The second-order valence-electron chi connectivity index (χ2n) is 4.95. The molecule has 0 atom stereocenters. The van der Waals surface area contributed by atoms with Crippen LogP contribution in [0.5, 0.6) is 11.5 Å². The molecule has 2 aromatic rings. The minimum atomic E-state index is -0.322. The minimum absolute atomic E-state index is 0.243. The molecule has 0 fully saturated rings. The highest BCUT2D eigenvalue weighted by Gasteiger charge is 2.01. The van der Waals surface area contributed by atoms with E-state index >= 15 is 0 Å². The molecule has 0 aliphatic carbocycles. The van der Waals surface area contributed by atoms with Crippen molar-refractivity contribution in [1.82, 2.24) is 5.32 Å². The Labute approximate surface area is 142 Å². The van der Waals surface area contributed by atoms with Crippen LogP contribution in [-0.2, 0) is 0 Å². The van der Waals surface area contributed by atoms with Crippen LogP contribution < -0.4 is 20.1 Å². The van der Waals surface area contributed by atoms with Gasteiger partial charge in [0.05, 0.1) is 13.7 Å². The lowest BCUT2D eigenvalue weighted by atomic mass is 10.2. The summed E-state index contributed by atoms with van der Waals surface area (Å²) < 4.78 is 10.6. The lowest BCUT2D eigenvalue weighted by molar-refractivity contribution is 0.253. The summed E-state index contributed by atoms with van der Waals surface area (Å²) >= 11 is 0. The second-order valence-corrected chi connectivity index (χ2v) is 4.95. The number of carbonyl (C=O) groups is 1. The number of ether oxygens (including phenoxy) is 2. The first kappa shape index (κ1) is 17.2. The highest BCUT2D eigenvalue weighted by molar-refractivity contribution is 5.89. The molecule has 0 heterocycles. The molecular weight excluding hydrogens is 304 g/mol. The van der Waals surface area contributed by atoms with Crippen LogP contribution in [0.2, 0.25) is 0 Å². The molecule has 0 aliphatic rings. The lowest BCUT2D eigenvalue weighted by Gasteiger charge is -2.07. The first-order valence-electron chi connectivity index (χ1n) is 7.52. The highest BCUT2D eigenvalue weighted by Crippen LogP contribution is 2.16. The summed E-state index contributed by atoms with van der Waals surface area (Å²) in [6.45, 7) is 2.50. The van der Waals surface area contributed by atoms with Crippen LogP contribution >= 0.6 is 0 Å². The van der Waals surface area contributed by atoms with Crippen LogP contribution in [0, 0.1) is 18.8 Å². The maximum Gasteiger partial charge on any atom is 0.319 e. The Morgan fingerprint density at radius 2 is 1.96 bits per heavy atom. The van der Waals surface area contributed by atoms with Crippen molar-refractivity contribution in [1.29, 1.82) is 0 Å². The zero-order valence-electron chi connectivity index (χ0n) is 13.8. The first-order chi connectivity index (χ1) is 11.7. The number of benzene rings is 2. The average Bonchev–Trinajstić information content (AvgIpc) is 2.59. The maximum atomic E-state index is 11.7. The summed E-state index contributed by atoms with van der Waals surface area (Å²) in [5, 5.41) is 5.37. The molecular formula is C19H20N2O3. The molecule has 124 valence electrons. The molecule has 5 nitrogen and oxygen atoms in total. The van der Waals surface area contributed by atoms with E-state index < -0.39 is 0 Å². The molecule has 0 aromatic heterocycles. The van der Waals surface area contributed by atoms with Gasteiger partial charge in [0.25, 0.3) is 0 Å². The van der Waals surface area contributed by atoms with Gasteiger partial charge < -0.3 is 20.1 Å². The van der Waals surface area contributed by atoms with Crippen LogP contribution in [0.15, 0.2) is 48.5 Å². The lowest BCUT2D eigenvalue weighted by Crippen LogP contribution is -2.28. The molecule has 5 heteroatoms. The van der Waals surface area contributed by atoms with Crippen molar-refractivity contribution in [2.75, 3.05) is 25.6 Å². The van der Waals surface area contributed by atoms with E-state index in [-0.39, 0.29) is 19.2 Å². The largest absolute Gasteiger partial charge is 0.497 e. The molecule has 2 rings (SSSR count). The van der Waals surface area contributed by atoms with Crippen molar-refractivity contribution in [3.8, 4) is 23.3 Å². The molecule has 2 aromatic carbocycles. The zero-order valence-corrected chi connectivity index (χ0v) is 13.8. The normalized spacial score (nSPS) is 9.42. The highest BCUT2D eigenvalue weighted by atomic mass is 16.5. The van der Waals surface area contributed by atoms with Gasteiger partial charge in [-0.15, -0.1) is 0 Å². The summed E-state index contributed by atoms with van der Waals surface area (Å²) in [5.74, 6) is 7.20. The number of anilines is 1. The quantitative estimate of drug-likeness (QED) is 0.830. The van der Waals surface area contributed by atoms with Crippen LogP contribution in [0.3, 0.4) is 0 Å². The molecule has 0 aliphatic heterocycles. The zero-order chi connectivity index (χ0) is 17.2. The summed E-state index contributed by atoms with van der Waals surface area (Å²) in [4.78, 5) is 11.7. The Bertz CT molecular complexity index is 748. The minimum Gasteiger partial charge on any atom is -0.497 e. The Hall–Kier alpha value is -3.13. The number of para-hydroxylation sites is 1. The van der Waals surface area contributed by atoms with E-state index in [9.17, 15) is 4.79 Å². The van der Waals surface area contributed by atoms with Gasteiger partial charge in [-0.25, -0.2) is 4.79 Å². The fourth-order valence-corrected chi connectivity index (χ4v) is 1.95. The van der Waals surface area contributed by atoms with Gasteiger partial charge in [-0.05, 0) is 30.7 Å². The molecule has 0 saturated heterocycles. The Kier molecular flexibility index (Phi) is 6.54. The van der Waals surface area contributed by atoms with Crippen molar-refractivity contribution in [3.63, 3.8) is 0 Å². The molecule has 0 saturated carbocycles. The summed E-state index contributed by atoms with van der Waals surface area (Å²) in [7, 11) is 1.58. The van der Waals surface area contributed by atoms with Gasteiger partial charge in [-0.3, -0.25) is 0 Å². The summed E-state index contributed by atoms with van der Waals surface area (Å²) in [6, 6.07) is 14.6. The van der Waals surface area contributed by atoms with Gasteiger partial charge in [0.2, 0.25) is 0 Å². The van der Waals surface area contributed by atoms with E-state index in [1.807, 2.05) is 37.3 Å². The van der Waals surface area contributed by atoms with E-state index in [4.69, 9.17) is 9.47 Å². The van der Waals surface area contributed by atoms with E-state index in [1.165, 1.54) is 0 Å². The Morgan fingerprint density at radius 3 is 2.75 bits per heavy atom. The van der Waals surface area contributed by atoms with Gasteiger partial charge >= 0.3 is 6.03 Å². The molecule has 0 unspecified atom stereocenters. The fraction of sp³-hybridized carbons (Fsp3) is 0.211. The van der Waals surface area contributed by atoms with Crippen molar-refractivity contribution in [2.24, 2.45) is 0 Å². The van der Waals surface area contributed by atoms with Gasteiger partial charge in [0, 0.05) is 11.8 Å². The van der Waals surface area contributed by atoms with Crippen molar-refractivity contribution < 1.29 is 14.3 Å². The number of rotatable bonds is 5. The summed E-state index contributed by atoms with van der Waals surface area (Å²) in [5.41, 5.74) is 1.72. The standard InChI is InChI=1S/C19H20N2O3/c1-15-8-3-4-11-18(15)24-13-6-5-12-20-19(22)21-16-9-7-10-17(14-16)23-2/h3-4,7-11,14H,12-13H2,1-2H3,(H2,20,21,22). The third-order valence-corrected chi connectivity index (χ3v) is 3.18. The van der Waals surface area contributed by atoms with E-state index in [2.05, 4.69) is 22.5 Å². The number of aryl methyl sites for hydroxylation is 1. The number of urea groups is 1. The number of hydrogen-bond donors (Lipinski definition) is 2. The van der Waals surface area contributed by atoms with E-state index in [1.54, 1.807) is 25.3 Å². The molecule has 24 heavy (non-hydrogen) atoms. The van der Waals surface area contributed by atoms with Crippen LogP contribution in [0.4, 0.5) is 10.5 Å². The Morgan fingerprint density at radius 1 is 1.12 bits per heavy atom. The fourth-order valence-electron chi connectivity index (χ4n) is 1.95. The first-order valence-corrected chi connectivity index (χ1v) is 7.52. The van der Waals surface area contributed by atoms with Gasteiger partial charge in [-0.1, -0.05) is 36.1 Å². The number of hydrogen-bond acceptors (Lipinski definition) is 3. The number of methoxy groups -OCH3 is 1. The third kappa shape index (κ3) is 5.58. The number of carbonyl (C=O) groups excluding carboxylic acids is 1. The number of nitrogens with one attached hydrogen (secondary N) is 2. The second kappa shape index (κ2) is 9.11. The van der Waals surface area contributed by atoms with Gasteiger partial charge in [0.15, 0.2) is 0 Å². The molecule has 0 bridgehead atoms. The van der Waals surface area contributed by atoms with E-state index in [0.717, 1.165) is 11.3 Å². The molecule has 0 spiro atoms. The van der Waals surface area contributed by atoms with Gasteiger partial charge in [-0.2, -0.15) is 0 Å². The average molecular weight is 324 g/mol. The van der Waals surface area contributed by atoms with Crippen molar-refractivity contribution >= 4 is 11.7 Å². The third-order valence-electron chi connectivity index (χ3n) is 3.18. The molecule has 0 radical (unpaired) electrons. The SMILES string of the molecule is COc1cccc(NC(=O)NCC#CCOc2ccccc2C)c1. The van der Waals surface area contributed by atoms with Crippen LogP contribution in [0.1, 0.15) is 5.56 Å².